The van der Waals surface area contributed by atoms with Crippen molar-refractivity contribution in [2.45, 2.75) is 17.9 Å². The number of nitrogens with zero attached hydrogens (tertiary/aromatic N) is 1. The number of esters is 1. The van der Waals surface area contributed by atoms with Crippen molar-refractivity contribution >= 4 is 44.2 Å². The molecule has 2 heterocycles. The maximum Gasteiger partial charge on any atom is 0.356 e. The summed E-state index contributed by atoms with van der Waals surface area (Å²) in [6.45, 7) is 2.25. The number of para-hydroxylation sites is 1. The van der Waals surface area contributed by atoms with Gasteiger partial charge in [0.15, 0.2) is 0 Å². The number of anilines is 1. The van der Waals surface area contributed by atoms with Crippen LogP contribution in [0.5, 0.6) is 5.75 Å². The molecule has 9 nitrogen and oxygen atoms in total. The number of benzene rings is 2. The van der Waals surface area contributed by atoms with E-state index in [0.717, 1.165) is 0 Å². The molecule has 1 atom stereocenters. The number of carbonyl (C=O) groups excluding carboxylic acids is 1. The first-order valence-electron chi connectivity index (χ1n) is 10.4. The first kappa shape index (κ1) is 23.4. The molecule has 0 saturated carbocycles. The molecule has 0 radical (unpaired) electrons. The summed E-state index contributed by atoms with van der Waals surface area (Å²) < 4.78 is 45.3. The lowest BCUT2D eigenvalue weighted by Gasteiger charge is -2.32. The molecule has 11 heteroatoms. The van der Waals surface area contributed by atoms with Gasteiger partial charge in [0.2, 0.25) is 10.0 Å². The second kappa shape index (κ2) is 9.60. The number of hydrogen-bond donors (Lipinski definition) is 2. The number of aromatic nitrogens is 1. The third kappa shape index (κ3) is 4.79. The highest BCUT2D eigenvalue weighted by Gasteiger charge is 2.37. The number of nitrogen functional groups attached to an aromatic ring is 1. The molecule has 1 aromatic heterocycles. The van der Waals surface area contributed by atoms with Crippen molar-refractivity contribution in [2.24, 2.45) is 0 Å². The van der Waals surface area contributed by atoms with E-state index < -0.39 is 22.1 Å². The second-order valence-electron chi connectivity index (χ2n) is 7.45. The summed E-state index contributed by atoms with van der Waals surface area (Å²) in [6, 6.07) is 12.1. The van der Waals surface area contributed by atoms with Crippen molar-refractivity contribution in [1.82, 2.24) is 9.29 Å². The van der Waals surface area contributed by atoms with Crippen LogP contribution in [0.1, 0.15) is 17.4 Å². The Labute approximate surface area is 196 Å². The molecule has 2 aromatic carbocycles. The number of nitrogens with one attached hydrogen (secondary N) is 1. The van der Waals surface area contributed by atoms with Gasteiger partial charge in [-0.15, -0.1) is 0 Å². The van der Waals surface area contributed by atoms with E-state index in [-0.39, 0.29) is 59.6 Å². The molecule has 3 N–H and O–H groups in total. The van der Waals surface area contributed by atoms with Gasteiger partial charge in [0.1, 0.15) is 29.0 Å². The number of aromatic amines is 1. The normalized spacial score (nSPS) is 17.2. The van der Waals surface area contributed by atoms with Gasteiger partial charge < -0.3 is 24.9 Å². The van der Waals surface area contributed by atoms with E-state index in [4.69, 9.17) is 31.5 Å². The Bertz CT molecular complexity index is 1260. The van der Waals surface area contributed by atoms with Crippen molar-refractivity contribution in [3.8, 4) is 5.75 Å². The fourth-order valence-electron chi connectivity index (χ4n) is 3.72. The number of nitrogens with two attached hydrogens (primary N) is 1. The van der Waals surface area contributed by atoms with Gasteiger partial charge in [-0.25, -0.2) is 13.2 Å². The predicted molar refractivity (Wildman–Crippen MR) is 124 cm³/mol. The van der Waals surface area contributed by atoms with Gasteiger partial charge in [-0.3, -0.25) is 0 Å². The summed E-state index contributed by atoms with van der Waals surface area (Å²) in [5.74, 6) is -0.132. The molecule has 0 aliphatic carbocycles. The van der Waals surface area contributed by atoms with Gasteiger partial charge in [-0.1, -0.05) is 29.8 Å². The van der Waals surface area contributed by atoms with E-state index >= 15 is 0 Å². The third-order valence-electron chi connectivity index (χ3n) is 5.21. The zero-order valence-corrected chi connectivity index (χ0v) is 19.5. The first-order valence-corrected chi connectivity index (χ1v) is 12.2. The fraction of sp³-hybridized carbons (Fsp3) is 0.318. The van der Waals surface area contributed by atoms with Gasteiger partial charge in [-0.05, 0) is 31.2 Å². The first-order chi connectivity index (χ1) is 15.8. The second-order valence-corrected chi connectivity index (χ2v) is 9.76. The van der Waals surface area contributed by atoms with Crippen molar-refractivity contribution in [2.75, 3.05) is 38.6 Å². The average Bonchev–Trinajstić information content (AvgIpc) is 3.19. The van der Waals surface area contributed by atoms with Crippen LogP contribution in [0.3, 0.4) is 0 Å². The Morgan fingerprint density at radius 2 is 2.06 bits per heavy atom. The summed E-state index contributed by atoms with van der Waals surface area (Å²) in [5, 5.41) is 0.480. The van der Waals surface area contributed by atoms with Crippen LogP contribution >= 0.6 is 11.6 Å². The topological polar surface area (TPSA) is 124 Å². The van der Waals surface area contributed by atoms with Crippen LogP contribution < -0.4 is 10.5 Å². The van der Waals surface area contributed by atoms with Crippen molar-refractivity contribution < 1.29 is 27.4 Å². The Hall–Kier alpha value is -2.79. The average molecular weight is 494 g/mol. The Kier molecular flexibility index (Phi) is 6.80. The molecule has 1 fully saturated rings. The quantitative estimate of drug-likeness (QED) is 0.383. The minimum absolute atomic E-state index is 0.0557. The van der Waals surface area contributed by atoms with Crippen molar-refractivity contribution in [1.29, 1.82) is 0 Å². The fourth-order valence-corrected chi connectivity index (χ4v) is 5.72. The maximum atomic E-state index is 13.8. The van der Waals surface area contributed by atoms with Crippen LogP contribution in [0, 0.1) is 0 Å². The van der Waals surface area contributed by atoms with E-state index in [1.165, 1.54) is 16.4 Å². The third-order valence-corrected chi connectivity index (χ3v) is 7.38. The van der Waals surface area contributed by atoms with Gasteiger partial charge in [-0.2, -0.15) is 4.31 Å². The lowest BCUT2D eigenvalue weighted by atomic mass is 10.2. The molecular weight excluding hydrogens is 470 g/mol. The van der Waals surface area contributed by atoms with Crippen LogP contribution in [-0.4, -0.2) is 62.7 Å². The summed E-state index contributed by atoms with van der Waals surface area (Å²) >= 11 is 6.15. The Balaban J connectivity index is 1.67. The van der Waals surface area contributed by atoms with Crippen molar-refractivity contribution in [3.63, 3.8) is 0 Å². The molecular formula is C22H24ClN3O6S. The summed E-state index contributed by atoms with van der Waals surface area (Å²) in [6.07, 6.45) is -0.487. The van der Waals surface area contributed by atoms with Crippen LogP contribution in [-0.2, 0) is 19.5 Å². The number of sulfonamides is 1. The molecule has 0 bridgehead atoms. The lowest BCUT2D eigenvalue weighted by molar-refractivity contribution is -0.0249. The predicted octanol–water partition coefficient (Wildman–Crippen LogP) is 3.05. The Morgan fingerprint density at radius 3 is 2.79 bits per heavy atom. The van der Waals surface area contributed by atoms with Crippen LogP contribution in [0.4, 0.5) is 5.69 Å². The lowest BCUT2D eigenvalue weighted by Crippen LogP contribution is -2.47. The number of hydrogen-bond acceptors (Lipinski definition) is 7. The van der Waals surface area contributed by atoms with Gasteiger partial charge in [0.05, 0.1) is 24.4 Å². The van der Waals surface area contributed by atoms with Gasteiger partial charge in [0.25, 0.3) is 0 Å². The molecule has 1 aliphatic rings. The Morgan fingerprint density at radius 1 is 1.30 bits per heavy atom. The molecule has 4 rings (SSSR count). The monoisotopic (exact) mass is 493 g/mol. The van der Waals surface area contributed by atoms with E-state index in [2.05, 4.69) is 4.98 Å². The van der Waals surface area contributed by atoms with E-state index in [0.29, 0.717) is 11.3 Å². The minimum atomic E-state index is -4.14. The highest BCUT2D eigenvalue weighted by atomic mass is 35.5. The maximum absolute atomic E-state index is 13.8. The van der Waals surface area contributed by atoms with Crippen molar-refractivity contribution in [3.05, 3.63) is 53.2 Å². The molecule has 1 saturated heterocycles. The smallest absolute Gasteiger partial charge is 0.356 e. The summed E-state index contributed by atoms with van der Waals surface area (Å²) in [7, 11) is -4.14. The number of morpholine rings is 1. The molecule has 176 valence electrons. The van der Waals surface area contributed by atoms with Gasteiger partial charge >= 0.3 is 5.97 Å². The zero-order valence-electron chi connectivity index (χ0n) is 17.9. The largest absolute Gasteiger partial charge is 0.491 e. The van der Waals surface area contributed by atoms with Crippen LogP contribution in [0.25, 0.3) is 10.9 Å². The summed E-state index contributed by atoms with van der Waals surface area (Å²) in [5.41, 5.74) is 6.38. The number of ether oxygens (including phenoxy) is 3. The highest BCUT2D eigenvalue weighted by Crippen LogP contribution is 2.35. The molecule has 1 unspecified atom stereocenters. The standard InChI is InChI=1S/C22H24ClN3O6S/c1-2-30-22(27)20-21(17-10-14(23)11-18(24)19(17)25-20)33(28,29)26-8-9-31-16(12-26)13-32-15-6-4-3-5-7-15/h3-7,10-11,16,25H,2,8-9,12-13,24H2,1H3. The van der Waals surface area contributed by atoms with Gasteiger partial charge in [0, 0.05) is 23.5 Å². The number of fused-ring (bicyclic) bond motifs is 1. The molecule has 0 spiro atoms. The SMILES string of the molecule is CCOC(=O)c1[nH]c2c(N)cc(Cl)cc2c1S(=O)(=O)N1CCOC(COc2ccccc2)C1. The minimum Gasteiger partial charge on any atom is -0.491 e. The van der Waals surface area contributed by atoms with Crippen LogP contribution in [0.15, 0.2) is 47.4 Å². The zero-order chi connectivity index (χ0) is 23.6. The number of halogens is 1. The number of H-pyrrole nitrogens is 1. The van der Waals surface area contributed by atoms with E-state index in [1.54, 1.807) is 6.92 Å². The number of rotatable bonds is 7. The number of carbonyl (C=O) groups is 1. The molecule has 0 amide bonds. The van der Waals surface area contributed by atoms with E-state index in [1.807, 2.05) is 30.3 Å². The molecule has 1 aliphatic heterocycles. The molecule has 33 heavy (non-hydrogen) atoms. The molecule has 3 aromatic rings. The van der Waals surface area contributed by atoms with Crippen LogP contribution in [0.2, 0.25) is 5.02 Å². The highest BCUT2D eigenvalue weighted by molar-refractivity contribution is 7.89. The summed E-state index contributed by atoms with van der Waals surface area (Å²) in [4.78, 5) is 15.2. The van der Waals surface area contributed by atoms with E-state index in [9.17, 15) is 13.2 Å².